The Morgan fingerprint density at radius 1 is 0.810 bits per heavy atom. The fourth-order valence-corrected chi connectivity index (χ4v) is 4.57. The second kappa shape index (κ2) is 12.5. The van der Waals surface area contributed by atoms with Gasteiger partial charge in [-0.2, -0.15) is 30.0 Å². The fraction of sp³-hybridized carbons (Fsp3) is 0.259. The Kier molecular flexibility index (Phi) is 9.67. The van der Waals surface area contributed by atoms with Gasteiger partial charge in [0.15, 0.2) is 23.0 Å². The number of methoxy groups -OCH3 is 2. The molecule has 0 heterocycles. The lowest BCUT2D eigenvalue weighted by molar-refractivity contribution is -0.0500. The molecule has 0 fully saturated rings. The largest absolute Gasteiger partial charge is 0.534 e. The molecule has 0 aliphatic carbocycles. The van der Waals surface area contributed by atoms with E-state index in [1.54, 1.807) is 19.9 Å². The van der Waals surface area contributed by atoms with E-state index in [-0.39, 0.29) is 40.5 Å². The van der Waals surface area contributed by atoms with Gasteiger partial charge in [-0.1, -0.05) is 23.8 Å². The number of alkyl halides is 3. The molecule has 0 amide bonds. The summed E-state index contributed by atoms with van der Waals surface area (Å²) in [6.07, 6.45) is 2.36. The fourth-order valence-electron chi connectivity index (χ4n) is 3.64. The molecule has 0 aliphatic rings. The van der Waals surface area contributed by atoms with Gasteiger partial charge in [-0.15, -0.1) is 0 Å². The normalized spacial score (nSPS) is 11.9. The average molecular weight is 635 g/mol. The molecule has 3 aromatic carbocycles. The van der Waals surface area contributed by atoms with Gasteiger partial charge in [0.2, 0.25) is 0 Å². The van der Waals surface area contributed by atoms with Crippen molar-refractivity contribution >= 4 is 20.2 Å². The highest BCUT2D eigenvalue weighted by molar-refractivity contribution is 7.88. The molecule has 0 radical (unpaired) electrons. The maximum atomic E-state index is 13.6. The molecule has 3 aromatic rings. The first-order valence-corrected chi connectivity index (χ1v) is 15.1. The van der Waals surface area contributed by atoms with Gasteiger partial charge in [0.05, 0.1) is 26.0 Å². The van der Waals surface area contributed by atoms with Gasteiger partial charge >= 0.3 is 25.7 Å². The van der Waals surface area contributed by atoms with Crippen LogP contribution in [0.15, 0.2) is 60.2 Å². The van der Waals surface area contributed by atoms with Gasteiger partial charge in [-0.05, 0) is 61.4 Å². The quantitative estimate of drug-likeness (QED) is 0.107. The van der Waals surface area contributed by atoms with E-state index in [2.05, 4.69) is 4.18 Å². The molecule has 0 spiro atoms. The van der Waals surface area contributed by atoms with Gasteiger partial charge in [0, 0.05) is 5.56 Å². The number of hydrogen-bond acceptors (Lipinski definition) is 9. The third kappa shape index (κ3) is 7.64. The summed E-state index contributed by atoms with van der Waals surface area (Å²) in [5.74, 6) is -2.19. The predicted octanol–water partition coefficient (Wildman–Crippen LogP) is 6.09. The van der Waals surface area contributed by atoms with Crippen LogP contribution in [-0.4, -0.2) is 49.4 Å². The highest BCUT2D eigenvalue weighted by Crippen LogP contribution is 2.51. The number of allylic oxidation sites excluding steroid dienone is 1. The highest BCUT2D eigenvalue weighted by Gasteiger charge is 2.49. The smallest absolute Gasteiger partial charge is 0.496 e. The molecule has 0 saturated carbocycles. The SMILES string of the molecule is COc1cc(-c2ccc(F)cc2)c(OC)c(OS(C)(=O)=O)c1-c1ccc(OS(=O)(=O)C(F)(F)F)c(OCC=C(C)C)c1. The second-order valence-electron chi connectivity index (χ2n) is 8.90. The van der Waals surface area contributed by atoms with Crippen LogP contribution in [0.25, 0.3) is 22.3 Å². The Morgan fingerprint density at radius 2 is 1.43 bits per heavy atom. The first kappa shape index (κ1) is 32.5. The van der Waals surface area contributed by atoms with Gasteiger partial charge < -0.3 is 22.6 Å². The topological polar surface area (TPSA) is 114 Å². The maximum Gasteiger partial charge on any atom is 0.534 e. The van der Waals surface area contributed by atoms with Gasteiger partial charge in [-0.3, -0.25) is 0 Å². The van der Waals surface area contributed by atoms with Crippen LogP contribution in [0.2, 0.25) is 0 Å². The predicted molar refractivity (Wildman–Crippen MR) is 146 cm³/mol. The van der Waals surface area contributed by atoms with Crippen LogP contribution < -0.4 is 22.6 Å². The summed E-state index contributed by atoms with van der Waals surface area (Å²) >= 11 is 0. The van der Waals surface area contributed by atoms with Crippen LogP contribution in [0, 0.1) is 5.82 Å². The summed E-state index contributed by atoms with van der Waals surface area (Å²) in [6, 6.07) is 9.83. The Hall–Kier alpha value is -3.98. The Labute approximate surface area is 240 Å². The molecule has 0 bridgehead atoms. The van der Waals surface area contributed by atoms with E-state index in [1.807, 2.05) is 0 Å². The number of benzene rings is 3. The first-order chi connectivity index (χ1) is 19.5. The standard InChI is InChI=1S/C27H26F4O9S2/c1-16(2)12-13-38-22-14-18(8-11-21(22)39-42(34,35)27(29,30)31)24-23(36-3)15-20(17-6-9-19(28)10-7-17)25(37-4)26(24)40-41(5,32)33/h6-12,14-15H,13H2,1-5H3. The number of rotatable bonds is 11. The minimum Gasteiger partial charge on any atom is -0.496 e. The Balaban J connectivity index is 2.34. The van der Waals surface area contributed by atoms with E-state index < -0.39 is 43.1 Å². The van der Waals surface area contributed by atoms with Crippen molar-refractivity contribution in [3.05, 3.63) is 66.0 Å². The molecule has 0 N–H and O–H groups in total. The summed E-state index contributed by atoms with van der Waals surface area (Å²) in [5, 5.41) is 0. The zero-order valence-corrected chi connectivity index (χ0v) is 24.5. The van der Waals surface area contributed by atoms with Crippen LogP contribution in [0.5, 0.6) is 28.7 Å². The van der Waals surface area contributed by atoms with Crippen molar-refractivity contribution in [2.24, 2.45) is 0 Å². The molecule has 9 nitrogen and oxygen atoms in total. The lowest BCUT2D eigenvalue weighted by Crippen LogP contribution is -2.28. The molecular weight excluding hydrogens is 608 g/mol. The summed E-state index contributed by atoms with van der Waals surface area (Å²) in [4.78, 5) is 0. The molecule has 0 unspecified atom stereocenters. The minimum absolute atomic E-state index is 0.0144. The molecule has 0 aromatic heterocycles. The van der Waals surface area contributed by atoms with Crippen molar-refractivity contribution in [2.45, 2.75) is 19.4 Å². The van der Waals surface area contributed by atoms with Crippen molar-refractivity contribution in [1.82, 2.24) is 0 Å². The molecule has 42 heavy (non-hydrogen) atoms. The van der Waals surface area contributed by atoms with Crippen molar-refractivity contribution in [1.29, 1.82) is 0 Å². The molecule has 228 valence electrons. The molecular formula is C27H26F4O9S2. The van der Waals surface area contributed by atoms with E-state index in [0.717, 1.165) is 30.0 Å². The molecule has 0 atom stereocenters. The zero-order valence-electron chi connectivity index (χ0n) is 22.9. The van der Waals surface area contributed by atoms with Crippen LogP contribution >= 0.6 is 0 Å². The van der Waals surface area contributed by atoms with Gasteiger partial charge in [-0.25, -0.2) is 4.39 Å². The summed E-state index contributed by atoms with van der Waals surface area (Å²) in [6.45, 7) is 3.30. The summed E-state index contributed by atoms with van der Waals surface area (Å²) < 4.78 is 127. The summed E-state index contributed by atoms with van der Waals surface area (Å²) in [5.41, 5.74) is -4.23. The Bertz CT molecular complexity index is 1690. The van der Waals surface area contributed by atoms with Crippen LogP contribution in [0.3, 0.4) is 0 Å². The van der Waals surface area contributed by atoms with Crippen LogP contribution in [0.4, 0.5) is 17.6 Å². The van der Waals surface area contributed by atoms with Crippen molar-refractivity contribution < 1.29 is 57.0 Å². The van der Waals surface area contributed by atoms with Crippen LogP contribution in [0.1, 0.15) is 13.8 Å². The molecule has 0 saturated heterocycles. The highest BCUT2D eigenvalue weighted by atomic mass is 32.2. The monoisotopic (exact) mass is 634 g/mol. The Morgan fingerprint density at radius 3 is 1.95 bits per heavy atom. The van der Waals surface area contributed by atoms with Crippen molar-refractivity contribution in [3.63, 3.8) is 0 Å². The van der Waals surface area contributed by atoms with Crippen LogP contribution in [-0.2, 0) is 20.2 Å². The van der Waals surface area contributed by atoms with E-state index in [1.165, 1.54) is 44.6 Å². The second-order valence-corrected chi connectivity index (χ2v) is 12.0. The van der Waals surface area contributed by atoms with E-state index >= 15 is 0 Å². The van der Waals surface area contributed by atoms with E-state index in [4.69, 9.17) is 18.4 Å². The number of halogens is 4. The molecule has 15 heteroatoms. The van der Waals surface area contributed by atoms with E-state index in [0.29, 0.717) is 5.56 Å². The van der Waals surface area contributed by atoms with Gasteiger partial charge in [0.1, 0.15) is 18.2 Å². The average Bonchev–Trinajstić information content (AvgIpc) is 2.87. The number of hydrogen-bond donors (Lipinski definition) is 0. The maximum absolute atomic E-state index is 13.6. The van der Waals surface area contributed by atoms with Gasteiger partial charge in [0.25, 0.3) is 0 Å². The lowest BCUT2D eigenvalue weighted by atomic mass is 9.96. The zero-order chi connectivity index (χ0) is 31.5. The van der Waals surface area contributed by atoms with Crippen molar-refractivity contribution in [2.75, 3.05) is 27.1 Å². The minimum atomic E-state index is -6.06. The third-order valence-corrected chi connectivity index (χ3v) is 6.89. The lowest BCUT2D eigenvalue weighted by Gasteiger charge is -2.21. The third-order valence-electron chi connectivity index (χ3n) is 5.46. The van der Waals surface area contributed by atoms with E-state index in [9.17, 15) is 34.4 Å². The van der Waals surface area contributed by atoms with Crippen molar-refractivity contribution in [3.8, 4) is 51.0 Å². The first-order valence-electron chi connectivity index (χ1n) is 11.8. The number of ether oxygens (including phenoxy) is 3. The molecule has 0 aliphatic heterocycles. The molecule has 3 rings (SSSR count). The summed E-state index contributed by atoms with van der Waals surface area (Å²) in [7, 11) is -7.77.